The number of aromatic nitrogens is 1. The molecule has 2 heterocycles. The second kappa shape index (κ2) is 10.3. The van der Waals surface area contributed by atoms with Gasteiger partial charge in [-0.15, -0.1) is 0 Å². The molecule has 3 unspecified atom stereocenters. The van der Waals surface area contributed by atoms with E-state index in [1.165, 1.54) is 5.57 Å². The van der Waals surface area contributed by atoms with Gasteiger partial charge in [-0.25, -0.2) is 0 Å². The first-order valence-electron chi connectivity index (χ1n) is 12.4. The third-order valence-corrected chi connectivity index (χ3v) is 8.23. The number of carbonyl (C=O) groups excluding carboxylic acids is 2. The first-order chi connectivity index (χ1) is 16.3. The summed E-state index contributed by atoms with van der Waals surface area (Å²) >= 11 is 3.75. The van der Waals surface area contributed by atoms with Crippen molar-refractivity contribution in [2.75, 3.05) is 33.2 Å². The first-order valence-corrected chi connectivity index (χ1v) is 13.2. The molecule has 0 spiro atoms. The highest BCUT2D eigenvalue weighted by molar-refractivity contribution is 9.10. The number of unbranched alkanes of at least 4 members (excludes halogenated alkanes) is 1. The van der Waals surface area contributed by atoms with Crippen molar-refractivity contribution in [1.29, 1.82) is 0 Å². The molecule has 34 heavy (non-hydrogen) atoms. The van der Waals surface area contributed by atoms with Gasteiger partial charge in [0.1, 0.15) is 0 Å². The van der Waals surface area contributed by atoms with E-state index in [9.17, 15) is 9.59 Å². The topological polar surface area (TPSA) is 97.6 Å². The fraction of sp³-hybridized carbons (Fsp3) is 0.538. The molecule has 0 saturated heterocycles. The van der Waals surface area contributed by atoms with Gasteiger partial charge < -0.3 is 16.4 Å². The van der Waals surface area contributed by atoms with Crippen molar-refractivity contribution in [3.8, 4) is 0 Å². The molecule has 7 nitrogen and oxygen atoms in total. The zero-order valence-electron chi connectivity index (χ0n) is 20.4. The lowest BCUT2D eigenvalue weighted by Crippen LogP contribution is -2.47. The molecule has 3 atom stereocenters. The van der Waals surface area contributed by atoms with Gasteiger partial charge in [0.05, 0.1) is 22.1 Å². The number of carbonyl (C=O) groups is 2. The Bertz CT molecular complexity index is 1120. The molecule has 0 fully saturated rings. The summed E-state index contributed by atoms with van der Waals surface area (Å²) in [6.45, 7) is 6.77. The number of amides is 1. The van der Waals surface area contributed by atoms with E-state index in [0.717, 1.165) is 45.9 Å². The lowest BCUT2D eigenvalue weighted by Gasteiger charge is -2.40. The predicted octanol–water partition coefficient (Wildman–Crippen LogP) is 3.24. The van der Waals surface area contributed by atoms with Crippen LogP contribution in [0.25, 0.3) is 16.5 Å². The molecule has 2 aliphatic rings. The highest BCUT2D eigenvalue weighted by Gasteiger charge is 2.38. The second-order valence-electron chi connectivity index (χ2n) is 9.43. The maximum absolute atomic E-state index is 13.4. The Balaban J connectivity index is 1.77. The van der Waals surface area contributed by atoms with E-state index in [2.05, 4.69) is 40.0 Å². The first kappa shape index (κ1) is 25.1. The molecule has 1 aromatic carbocycles. The number of fused-ring (bicyclic) bond motifs is 2. The monoisotopic (exact) mass is 529 g/mol. The number of likely N-dealkylation sites (N-methyl/N-ethyl adjacent to an activating group) is 1. The van der Waals surface area contributed by atoms with Crippen molar-refractivity contribution in [1.82, 2.24) is 14.4 Å². The summed E-state index contributed by atoms with van der Waals surface area (Å²) in [7, 11) is 2.09. The van der Waals surface area contributed by atoms with Crippen LogP contribution in [0.1, 0.15) is 49.0 Å². The Morgan fingerprint density at radius 3 is 2.65 bits per heavy atom. The Kier molecular flexibility index (Phi) is 7.62. The van der Waals surface area contributed by atoms with E-state index >= 15 is 0 Å². The number of rotatable bonds is 8. The number of nitrogens with zero attached hydrogens (tertiary/aromatic N) is 3. The van der Waals surface area contributed by atoms with Crippen molar-refractivity contribution in [2.45, 2.75) is 51.6 Å². The van der Waals surface area contributed by atoms with Crippen molar-refractivity contribution < 1.29 is 9.59 Å². The van der Waals surface area contributed by atoms with Crippen molar-refractivity contribution in [3.05, 3.63) is 40.0 Å². The highest BCUT2D eigenvalue weighted by atomic mass is 79.9. The van der Waals surface area contributed by atoms with Crippen LogP contribution in [0.3, 0.4) is 0 Å². The van der Waals surface area contributed by atoms with Crippen LogP contribution in [0.5, 0.6) is 0 Å². The standard InChI is InChI=1S/C26H36BrN5O2/c1-4-31(5-2)25(33)16-13-18-17-9-8-11-21-23(17)19(14-22(18)30(3)15-16)24(27)32(21)26(34)20(29)10-6-7-12-28/h8-9,11,13,16,20,22H,4-7,10,12,14-15,28-29H2,1-3H3. The van der Waals surface area contributed by atoms with E-state index < -0.39 is 6.04 Å². The van der Waals surface area contributed by atoms with Gasteiger partial charge in [0.15, 0.2) is 0 Å². The molecule has 4 rings (SSSR count). The summed E-state index contributed by atoms with van der Waals surface area (Å²) in [5.74, 6) is -0.0895. The molecule has 1 amide bonds. The van der Waals surface area contributed by atoms with E-state index in [0.29, 0.717) is 32.6 Å². The van der Waals surface area contributed by atoms with Gasteiger partial charge in [-0.2, -0.15) is 0 Å². The minimum atomic E-state index is -0.573. The third kappa shape index (κ3) is 4.26. The van der Waals surface area contributed by atoms with Crippen LogP contribution in [0.15, 0.2) is 28.9 Å². The number of benzene rings is 1. The number of halogens is 1. The fourth-order valence-electron chi connectivity index (χ4n) is 5.53. The summed E-state index contributed by atoms with van der Waals surface area (Å²) in [4.78, 5) is 30.8. The Labute approximate surface area is 210 Å². The van der Waals surface area contributed by atoms with E-state index in [1.807, 2.05) is 30.9 Å². The minimum absolute atomic E-state index is 0.0981. The van der Waals surface area contributed by atoms with Gasteiger partial charge in [-0.1, -0.05) is 24.6 Å². The van der Waals surface area contributed by atoms with Crippen LogP contribution in [0, 0.1) is 5.92 Å². The normalized spacial score (nSPS) is 20.7. The van der Waals surface area contributed by atoms with Crippen LogP contribution in [-0.2, 0) is 11.2 Å². The summed E-state index contributed by atoms with van der Waals surface area (Å²) in [5.41, 5.74) is 16.2. The molecule has 8 heteroatoms. The van der Waals surface area contributed by atoms with Gasteiger partial charge in [-0.3, -0.25) is 19.1 Å². The van der Waals surface area contributed by atoms with Gasteiger partial charge in [0.2, 0.25) is 11.8 Å². The van der Waals surface area contributed by atoms with Crippen LogP contribution >= 0.6 is 15.9 Å². The van der Waals surface area contributed by atoms with Gasteiger partial charge in [-0.05, 0) is 85.4 Å². The van der Waals surface area contributed by atoms with Crippen LogP contribution in [0.2, 0.25) is 0 Å². The van der Waals surface area contributed by atoms with Crippen LogP contribution in [-0.4, -0.2) is 71.5 Å². The lowest BCUT2D eigenvalue weighted by molar-refractivity contribution is -0.134. The minimum Gasteiger partial charge on any atom is -0.343 e. The Morgan fingerprint density at radius 2 is 1.97 bits per heavy atom. The molecule has 1 aliphatic carbocycles. The third-order valence-electron chi connectivity index (χ3n) is 7.39. The summed E-state index contributed by atoms with van der Waals surface area (Å²) in [6.07, 6.45) is 5.27. The Morgan fingerprint density at radius 1 is 1.24 bits per heavy atom. The molecule has 0 bridgehead atoms. The molecule has 2 aromatic rings. The quantitative estimate of drug-likeness (QED) is 0.511. The van der Waals surface area contributed by atoms with Crippen molar-refractivity contribution in [3.63, 3.8) is 0 Å². The molecular weight excluding hydrogens is 494 g/mol. The summed E-state index contributed by atoms with van der Waals surface area (Å²) in [5, 5.41) is 1.09. The van der Waals surface area contributed by atoms with Gasteiger partial charge >= 0.3 is 0 Å². The average molecular weight is 531 g/mol. The van der Waals surface area contributed by atoms with Crippen LogP contribution < -0.4 is 11.5 Å². The van der Waals surface area contributed by atoms with Crippen molar-refractivity contribution >= 4 is 44.2 Å². The van der Waals surface area contributed by atoms with Gasteiger partial charge in [0, 0.05) is 31.1 Å². The SMILES string of the molecule is CCN(CC)C(=O)C1C=C2c3cccc4c3c(c(Br)n4C(=O)C(N)CCCCN)CC2N(C)C1. The average Bonchev–Trinajstić information content (AvgIpc) is 3.12. The van der Waals surface area contributed by atoms with E-state index in [4.69, 9.17) is 11.5 Å². The highest BCUT2D eigenvalue weighted by Crippen LogP contribution is 2.45. The maximum Gasteiger partial charge on any atom is 0.248 e. The van der Waals surface area contributed by atoms with Gasteiger partial charge in [0.25, 0.3) is 0 Å². The zero-order valence-corrected chi connectivity index (χ0v) is 22.0. The Hall–Kier alpha value is -2.00. The lowest BCUT2D eigenvalue weighted by atomic mass is 9.79. The fourth-order valence-corrected chi connectivity index (χ4v) is 6.26. The molecule has 1 aliphatic heterocycles. The van der Waals surface area contributed by atoms with E-state index in [-0.39, 0.29) is 23.8 Å². The van der Waals surface area contributed by atoms with E-state index in [1.54, 1.807) is 4.57 Å². The van der Waals surface area contributed by atoms with Crippen LogP contribution in [0.4, 0.5) is 0 Å². The molecule has 0 saturated carbocycles. The smallest absolute Gasteiger partial charge is 0.248 e. The maximum atomic E-state index is 13.4. The number of nitrogens with two attached hydrogens (primary N) is 2. The molecule has 1 aromatic heterocycles. The number of hydrogen-bond donors (Lipinski definition) is 2. The molecule has 184 valence electrons. The van der Waals surface area contributed by atoms with Crippen molar-refractivity contribution in [2.24, 2.45) is 17.4 Å². The zero-order chi connectivity index (χ0) is 24.6. The molecular formula is C26H36BrN5O2. The summed E-state index contributed by atoms with van der Waals surface area (Å²) in [6, 6.07) is 5.69. The predicted molar refractivity (Wildman–Crippen MR) is 141 cm³/mol. The molecule has 4 N–H and O–H groups in total. The summed E-state index contributed by atoms with van der Waals surface area (Å²) < 4.78 is 2.54. The molecule has 0 radical (unpaired) electrons. The number of hydrogen-bond acceptors (Lipinski definition) is 5. The second-order valence-corrected chi connectivity index (χ2v) is 10.2. The largest absolute Gasteiger partial charge is 0.343 e.